The van der Waals surface area contributed by atoms with Crippen LogP contribution < -0.4 is 4.90 Å². The predicted octanol–water partition coefficient (Wildman–Crippen LogP) is 4.04. The molecule has 25 heavy (non-hydrogen) atoms. The van der Waals surface area contributed by atoms with Crippen molar-refractivity contribution in [2.75, 3.05) is 11.9 Å². The van der Waals surface area contributed by atoms with E-state index in [1.54, 1.807) is 0 Å². The Kier molecular flexibility index (Phi) is 4.92. The fraction of sp³-hybridized carbons (Fsp3) is 0.211. The highest BCUT2D eigenvalue weighted by Crippen LogP contribution is 2.45. The molecule has 1 aliphatic rings. The number of para-hydroxylation sites is 1. The maximum Gasteiger partial charge on any atom is 0.270 e. The Balaban J connectivity index is 0.000000181. The summed E-state index contributed by atoms with van der Waals surface area (Å²) in [5, 5.41) is 19.2. The van der Waals surface area contributed by atoms with Crippen LogP contribution in [0.4, 0.5) is 11.4 Å². The summed E-state index contributed by atoms with van der Waals surface area (Å²) in [7, 11) is 2.08. The first-order chi connectivity index (χ1) is 11.7. The van der Waals surface area contributed by atoms with Crippen LogP contribution in [0.1, 0.15) is 29.8 Å². The number of benzene rings is 2. The number of likely N-dealkylation sites (N-methyl/N-ethyl adjacent to an activating group) is 1. The van der Waals surface area contributed by atoms with Crippen molar-refractivity contribution in [2.45, 2.75) is 19.3 Å². The van der Waals surface area contributed by atoms with Crippen molar-refractivity contribution in [1.82, 2.24) is 0 Å². The van der Waals surface area contributed by atoms with Gasteiger partial charge in [0.2, 0.25) is 0 Å². The molecule has 1 N–H and O–H groups in total. The van der Waals surface area contributed by atoms with Crippen LogP contribution in [0.15, 0.2) is 54.7 Å². The van der Waals surface area contributed by atoms with Crippen molar-refractivity contribution in [3.63, 3.8) is 0 Å². The van der Waals surface area contributed by atoms with E-state index in [1.807, 2.05) is 0 Å². The molecular formula is C19H20N2O4. The monoisotopic (exact) mass is 340 g/mol. The number of phenols is 1. The van der Waals surface area contributed by atoms with Gasteiger partial charge in [-0.3, -0.25) is 14.9 Å². The molecule has 6 heteroatoms. The van der Waals surface area contributed by atoms with Gasteiger partial charge in [0.1, 0.15) is 5.75 Å². The van der Waals surface area contributed by atoms with Gasteiger partial charge in [-0.25, -0.2) is 0 Å². The predicted molar refractivity (Wildman–Crippen MR) is 97.2 cm³/mol. The lowest BCUT2D eigenvalue weighted by atomic mass is 9.85. The van der Waals surface area contributed by atoms with Gasteiger partial charge in [-0.15, -0.1) is 0 Å². The third-order valence-electron chi connectivity index (χ3n) is 4.41. The van der Waals surface area contributed by atoms with E-state index < -0.39 is 4.92 Å². The van der Waals surface area contributed by atoms with Gasteiger partial charge in [-0.2, -0.15) is 0 Å². The SMILES string of the molecule is C=C1N(C)c2ccccc2C1(C)C.O=Cc1cc([N+](=O)[O-])ccc1O. The molecule has 0 atom stereocenters. The van der Waals surface area contributed by atoms with Gasteiger partial charge in [-0.05, 0) is 17.7 Å². The van der Waals surface area contributed by atoms with Gasteiger partial charge >= 0.3 is 0 Å². The molecule has 0 saturated heterocycles. The third kappa shape index (κ3) is 3.38. The molecule has 0 saturated carbocycles. The Bertz CT molecular complexity index is 843. The standard InChI is InChI=1S/C12H15N.C7H5NO4/c1-9-12(2,3)10-7-5-6-8-11(10)13(9)4;9-4-5-3-6(8(11)12)1-2-7(5)10/h5-8H,1H2,2-4H3;1-4,10H. The summed E-state index contributed by atoms with van der Waals surface area (Å²) < 4.78 is 0. The number of aromatic hydroxyl groups is 1. The van der Waals surface area contributed by atoms with Crippen LogP contribution in [-0.2, 0) is 5.41 Å². The highest BCUT2D eigenvalue weighted by atomic mass is 16.6. The van der Waals surface area contributed by atoms with Crippen LogP contribution in [0.25, 0.3) is 0 Å². The van der Waals surface area contributed by atoms with Gasteiger partial charge in [0.05, 0.1) is 10.5 Å². The minimum atomic E-state index is -0.633. The number of nitrogens with zero attached hydrogens (tertiary/aromatic N) is 2. The van der Waals surface area contributed by atoms with Gasteiger partial charge in [-0.1, -0.05) is 38.6 Å². The molecule has 0 bridgehead atoms. The number of aldehydes is 1. The highest BCUT2D eigenvalue weighted by Gasteiger charge is 2.36. The Labute approximate surface area is 146 Å². The second-order valence-corrected chi connectivity index (χ2v) is 6.27. The Morgan fingerprint density at radius 2 is 1.88 bits per heavy atom. The molecule has 0 aliphatic carbocycles. The zero-order chi connectivity index (χ0) is 18.8. The first kappa shape index (κ1) is 18.2. The second kappa shape index (κ2) is 6.76. The van der Waals surface area contributed by atoms with Crippen molar-refractivity contribution in [3.8, 4) is 5.75 Å². The summed E-state index contributed by atoms with van der Waals surface area (Å²) >= 11 is 0. The topological polar surface area (TPSA) is 83.7 Å². The normalized spacial score (nSPS) is 14.4. The third-order valence-corrected chi connectivity index (χ3v) is 4.41. The second-order valence-electron chi connectivity index (χ2n) is 6.27. The molecule has 2 aromatic rings. The minimum absolute atomic E-state index is 0.0794. The average Bonchev–Trinajstić information content (AvgIpc) is 2.77. The van der Waals surface area contributed by atoms with E-state index in [9.17, 15) is 14.9 Å². The van der Waals surface area contributed by atoms with Gasteiger partial charge in [0.25, 0.3) is 5.69 Å². The van der Waals surface area contributed by atoms with E-state index in [4.69, 9.17) is 5.11 Å². The number of carbonyl (C=O) groups is 1. The average molecular weight is 340 g/mol. The number of fused-ring (bicyclic) bond motifs is 1. The van der Waals surface area contributed by atoms with E-state index >= 15 is 0 Å². The molecule has 0 fully saturated rings. The maximum absolute atomic E-state index is 10.2. The summed E-state index contributed by atoms with van der Waals surface area (Å²) in [6.07, 6.45) is 0.363. The van der Waals surface area contributed by atoms with Crippen LogP contribution in [0, 0.1) is 10.1 Å². The van der Waals surface area contributed by atoms with E-state index in [1.165, 1.54) is 16.9 Å². The highest BCUT2D eigenvalue weighted by molar-refractivity contribution is 5.80. The summed E-state index contributed by atoms with van der Waals surface area (Å²) in [5.74, 6) is -0.254. The lowest BCUT2D eigenvalue weighted by Gasteiger charge is -2.22. The van der Waals surface area contributed by atoms with E-state index in [0.29, 0.717) is 6.29 Å². The number of nitro benzene ring substituents is 1. The summed E-state index contributed by atoms with van der Waals surface area (Å²) in [4.78, 5) is 22.0. The first-order valence-corrected chi connectivity index (χ1v) is 7.65. The Morgan fingerprint density at radius 3 is 2.44 bits per heavy atom. The molecule has 0 unspecified atom stereocenters. The fourth-order valence-corrected chi connectivity index (χ4v) is 2.76. The van der Waals surface area contributed by atoms with Gasteiger partial charge in [0, 0.05) is 36.0 Å². The number of anilines is 1. The largest absolute Gasteiger partial charge is 0.507 e. The Hall–Kier alpha value is -3.15. The maximum atomic E-state index is 10.2. The van der Waals surface area contributed by atoms with Crippen LogP contribution in [0.2, 0.25) is 0 Å². The zero-order valence-corrected chi connectivity index (χ0v) is 14.4. The first-order valence-electron chi connectivity index (χ1n) is 7.65. The molecule has 0 radical (unpaired) electrons. The molecule has 2 aromatic carbocycles. The lowest BCUT2D eigenvalue weighted by molar-refractivity contribution is -0.384. The summed E-state index contributed by atoms with van der Waals surface area (Å²) in [5.41, 5.74) is 3.64. The molecule has 1 aliphatic heterocycles. The van der Waals surface area contributed by atoms with Crippen LogP contribution in [0.5, 0.6) is 5.75 Å². The van der Waals surface area contributed by atoms with Crippen molar-refractivity contribution in [1.29, 1.82) is 0 Å². The van der Waals surface area contributed by atoms with Crippen molar-refractivity contribution in [3.05, 3.63) is 76.0 Å². The number of nitro groups is 1. The van der Waals surface area contributed by atoms with Crippen molar-refractivity contribution < 1.29 is 14.8 Å². The van der Waals surface area contributed by atoms with Crippen LogP contribution in [-0.4, -0.2) is 23.4 Å². The number of non-ortho nitro benzene ring substituents is 1. The summed E-state index contributed by atoms with van der Waals surface area (Å²) in [6, 6.07) is 11.8. The number of allylic oxidation sites excluding steroid dienone is 1. The quantitative estimate of drug-likeness (QED) is 0.507. The molecule has 3 rings (SSSR count). The van der Waals surface area contributed by atoms with E-state index in [2.05, 4.69) is 56.6 Å². The number of phenolic OH excluding ortho intramolecular Hbond substituents is 1. The Morgan fingerprint density at radius 1 is 1.24 bits per heavy atom. The number of hydrogen-bond donors (Lipinski definition) is 1. The molecule has 6 nitrogen and oxygen atoms in total. The number of hydrogen-bond acceptors (Lipinski definition) is 5. The molecule has 1 heterocycles. The smallest absolute Gasteiger partial charge is 0.270 e. The fourth-order valence-electron chi connectivity index (χ4n) is 2.76. The van der Waals surface area contributed by atoms with Gasteiger partial charge < -0.3 is 10.0 Å². The van der Waals surface area contributed by atoms with Gasteiger partial charge in [0.15, 0.2) is 6.29 Å². The number of carbonyl (C=O) groups excluding carboxylic acids is 1. The van der Waals surface area contributed by atoms with E-state index in [-0.39, 0.29) is 22.4 Å². The minimum Gasteiger partial charge on any atom is -0.507 e. The molecule has 0 spiro atoms. The van der Waals surface area contributed by atoms with Crippen LogP contribution in [0.3, 0.4) is 0 Å². The van der Waals surface area contributed by atoms with Crippen molar-refractivity contribution in [2.24, 2.45) is 0 Å². The molecule has 0 amide bonds. The molecular weight excluding hydrogens is 320 g/mol. The number of rotatable bonds is 2. The zero-order valence-electron chi connectivity index (χ0n) is 14.4. The van der Waals surface area contributed by atoms with Crippen LogP contribution >= 0.6 is 0 Å². The molecule has 0 aromatic heterocycles. The van der Waals surface area contributed by atoms with Crippen molar-refractivity contribution >= 4 is 17.7 Å². The van der Waals surface area contributed by atoms with E-state index in [0.717, 1.165) is 18.2 Å². The summed E-state index contributed by atoms with van der Waals surface area (Å²) in [6.45, 7) is 8.57. The lowest BCUT2D eigenvalue weighted by Crippen LogP contribution is -2.21. The molecule has 130 valence electrons.